The topological polar surface area (TPSA) is 89.7 Å². The molecule has 0 saturated carbocycles. The molecular weight excluding hydrogens is 218 g/mol. The zero-order valence-corrected chi connectivity index (χ0v) is 8.62. The van der Waals surface area contributed by atoms with Crippen LogP contribution in [0.2, 0.25) is 5.02 Å². The summed E-state index contributed by atoms with van der Waals surface area (Å²) in [6.07, 6.45) is 1.27. The number of anilines is 1. The zero-order valence-electron chi connectivity index (χ0n) is 7.86. The van der Waals surface area contributed by atoms with Gasteiger partial charge < -0.3 is 10.5 Å². The van der Waals surface area contributed by atoms with Crippen LogP contribution in [0.3, 0.4) is 0 Å². The third-order valence-corrected chi connectivity index (χ3v) is 2.02. The first-order valence-corrected chi connectivity index (χ1v) is 4.50. The lowest BCUT2D eigenvalue weighted by Gasteiger charge is -2.03. The van der Waals surface area contributed by atoms with Crippen LogP contribution < -0.4 is 10.5 Å². The first-order chi connectivity index (χ1) is 7.16. The molecule has 7 heteroatoms. The maximum absolute atomic E-state index is 5.84. The molecule has 0 atom stereocenters. The number of rotatable bonds is 2. The lowest BCUT2D eigenvalue weighted by atomic mass is 10.5. The molecule has 0 saturated heterocycles. The van der Waals surface area contributed by atoms with Crippen molar-refractivity contribution < 1.29 is 4.74 Å². The van der Waals surface area contributed by atoms with Crippen LogP contribution in [-0.2, 0) is 0 Å². The third-order valence-electron chi connectivity index (χ3n) is 1.67. The molecule has 0 spiro atoms. The number of hydrogen-bond donors (Lipinski definition) is 2. The molecule has 2 aromatic heterocycles. The SMILES string of the molecule is Cc1cc(Oc2ncnc(N)c2Cl)n[nH]1. The van der Waals surface area contributed by atoms with E-state index in [9.17, 15) is 0 Å². The number of nitrogens with two attached hydrogens (primary N) is 1. The van der Waals surface area contributed by atoms with E-state index >= 15 is 0 Å². The Hall–Kier alpha value is -1.82. The van der Waals surface area contributed by atoms with Crippen molar-refractivity contribution in [3.8, 4) is 11.8 Å². The summed E-state index contributed by atoms with van der Waals surface area (Å²) < 4.78 is 5.31. The van der Waals surface area contributed by atoms with E-state index in [4.69, 9.17) is 22.1 Å². The third kappa shape index (κ3) is 1.99. The molecule has 0 unspecified atom stereocenters. The van der Waals surface area contributed by atoms with Crippen molar-refractivity contribution >= 4 is 17.4 Å². The van der Waals surface area contributed by atoms with Crippen molar-refractivity contribution in [2.24, 2.45) is 0 Å². The van der Waals surface area contributed by atoms with Crippen molar-refractivity contribution in [3.05, 3.63) is 23.1 Å². The van der Waals surface area contributed by atoms with Crippen molar-refractivity contribution in [3.63, 3.8) is 0 Å². The highest BCUT2D eigenvalue weighted by molar-refractivity contribution is 6.34. The zero-order chi connectivity index (χ0) is 10.8. The Morgan fingerprint density at radius 3 is 2.93 bits per heavy atom. The minimum atomic E-state index is 0.175. The molecule has 0 aliphatic rings. The summed E-state index contributed by atoms with van der Waals surface area (Å²) in [6.45, 7) is 1.86. The van der Waals surface area contributed by atoms with Crippen LogP contribution in [0.15, 0.2) is 12.4 Å². The Balaban J connectivity index is 2.28. The van der Waals surface area contributed by atoms with E-state index in [0.717, 1.165) is 5.69 Å². The predicted octanol–water partition coefficient (Wildman–Crippen LogP) is 1.54. The van der Waals surface area contributed by atoms with Gasteiger partial charge in [-0.3, -0.25) is 5.10 Å². The Bertz CT molecular complexity index is 484. The molecule has 2 heterocycles. The molecule has 0 amide bonds. The number of aryl methyl sites for hydroxylation is 1. The van der Waals surface area contributed by atoms with Crippen LogP contribution in [0.4, 0.5) is 5.82 Å². The molecule has 2 rings (SSSR count). The molecule has 0 fully saturated rings. The number of aromatic amines is 1. The van der Waals surface area contributed by atoms with E-state index in [-0.39, 0.29) is 16.7 Å². The van der Waals surface area contributed by atoms with E-state index in [0.29, 0.717) is 5.88 Å². The van der Waals surface area contributed by atoms with Gasteiger partial charge in [-0.05, 0) is 6.92 Å². The Kier molecular flexibility index (Phi) is 2.42. The van der Waals surface area contributed by atoms with Gasteiger partial charge in [-0.15, -0.1) is 5.10 Å². The number of nitrogen functional groups attached to an aromatic ring is 1. The molecule has 78 valence electrons. The van der Waals surface area contributed by atoms with Crippen LogP contribution in [0.5, 0.6) is 11.8 Å². The summed E-state index contributed by atoms with van der Waals surface area (Å²) in [7, 11) is 0. The Morgan fingerprint density at radius 2 is 2.27 bits per heavy atom. The van der Waals surface area contributed by atoms with E-state index in [2.05, 4.69) is 20.2 Å². The van der Waals surface area contributed by atoms with Gasteiger partial charge in [0.05, 0.1) is 0 Å². The van der Waals surface area contributed by atoms with Gasteiger partial charge in [0.2, 0.25) is 11.8 Å². The molecule has 0 aliphatic heterocycles. The number of hydrogen-bond acceptors (Lipinski definition) is 5. The number of aromatic nitrogens is 4. The smallest absolute Gasteiger partial charge is 0.245 e. The molecule has 3 N–H and O–H groups in total. The predicted molar refractivity (Wildman–Crippen MR) is 54.9 cm³/mol. The molecule has 0 bridgehead atoms. The number of nitrogens with one attached hydrogen (secondary N) is 1. The number of ether oxygens (including phenoxy) is 1. The van der Waals surface area contributed by atoms with E-state index in [1.54, 1.807) is 6.07 Å². The standard InChI is InChI=1S/C8H8ClN5O/c1-4-2-5(14-13-4)15-8-6(9)7(10)11-3-12-8/h2-3H,1H3,(H,13,14)(H2,10,11,12). The van der Waals surface area contributed by atoms with E-state index < -0.39 is 0 Å². The lowest BCUT2D eigenvalue weighted by molar-refractivity contribution is 0.443. The van der Waals surface area contributed by atoms with E-state index in [1.807, 2.05) is 6.92 Å². The molecule has 2 aromatic rings. The second-order valence-electron chi connectivity index (χ2n) is 2.87. The second kappa shape index (κ2) is 3.74. The van der Waals surface area contributed by atoms with Crippen molar-refractivity contribution in [2.75, 3.05) is 5.73 Å². The van der Waals surface area contributed by atoms with Gasteiger partial charge in [0, 0.05) is 11.8 Å². The summed E-state index contributed by atoms with van der Waals surface area (Å²) in [6, 6.07) is 1.72. The van der Waals surface area contributed by atoms with Gasteiger partial charge in [-0.2, -0.15) is 4.98 Å². The average molecular weight is 226 g/mol. The molecular formula is C8H8ClN5O. The van der Waals surface area contributed by atoms with Crippen LogP contribution in [0.25, 0.3) is 0 Å². The van der Waals surface area contributed by atoms with Crippen LogP contribution in [0, 0.1) is 6.92 Å². The molecule has 15 heavy (non-hydrogen) atoms. The van der Waals surface area contributed by atoms with Crippen molar-refractivity contribution in [1.82, 2.24) is 20.2 Å². The van der Waals surface area contributed by atoms with Gasteiger partial charge in [0.25, 0.3) is 0 Å². The van der Waals surface area contributed by atoms with Gasteiger partial charge >= 0.3 is 0 Å². The van der Waals surface area contributed by atoms with Gasteiger partial charge in [-0.25, -0.2) is 4.98 Å². The maximum atomic E-state index is 5.84. The minimum Gasteiger partial charge on any atom is -0.417 e. The van der Waals surface area contributed by atoms with Crippen LogP contribution >= 0.6 is 11.6 Å². The molecule has 0 aliphatic carbocycles. The first kappa shape index (κ1) is 9.72. The van der Waals surface area contributed by atoms with Crippen molar-refractivity contribution in [2.45, 2.75) is 6.92 Å². The number of halogens is 1. The highest BCUT2D eigenvalue weighted by Gasteiger charge is 2.10. The fraction of sp³-hybridized carbons (Fsp3) is 0.125. The monoisotopic (exact) mass is 225 g/mol. The normalized spacial score (nSPS) is 10.3. The minimum absolute atomic E-state index is 0.175. The molecule has 0 aromatic carbocycles. The van der Waals surface area contributed by atoms with Crippen LogP contribution in [0.1, 0.15) is 5.69 Å². The first-order valence-electron chi connectivity index (χ1n) is 4.12. The van der Waals surface area contributed by atoms with Crippen molar-refractivity contribution in [1.29, 1.82) is 0 Å². The Morgan fingerprint density at radius 1 is 1.47 bits per heavy atom. The fourth-order valence-corrected chi connectivity index (χ4v) is 1.12. The largest absolute Gasteiger partial charge is 0.417 e. The van der Waals surface area contributed by atoms with Gasteiger partial charge in [0.1, 0.15) is 17.2 Å². The number of nitrogens with zero attached hydrogens (tertiary/aromatic N) is 3. The summed E-state index contributed by atoms with van der Waals surface area (Å²) in [5.74, 6) is 0.747. The summed E-state index contributed by atoms with van der Waals surface area (Å²) in [5, 5.41) is 6.78. The lowest BCUT2D eigenvalue weighted by Crippen LogP contribution is -1.96. The number of H-pyrrole nitrogens is 1. The van der Waals surface area contributed by atoms with Crippen LogP contribution in [-0.4, -0.2) is 20.2 Å². The summed E-state index contributed by atoms with van der Waals surface area (Å²) in [5.41, 5.74) is 6.37. The Labute approximate surface area is 90.4 Å². The van der Waals surface area contributed by atoms with Gasteiger partial charge in [-0.1, -0.05) is 11.6 Å². The average Bonchev–Trinajstić information content (AvgIpc) is 2.59. The second-order valence-corrected chi connectivity index (χ2v) is 3.25. The fourth-order valence-electron chi connectivity index (χ4n) is 0.982. The van der Waals surface area contributed by atoms with E-state index in [1.165, 1.54) is 6.33 Å². The van der Waals surface area contributed by atoms with Gasteiger partial charge in [0.15, 0.2) is 0 Å². The maximum Gasteiger partial charge on any atom is 0.245 e. The highest BCUT2D eigenvalue weighted by atomic mass is 35.5. The highest BCUT2D eigenvalue weighted by Crippen LogP contribution is 2.28. The summed E-state index contributed by atoms with van der Waals surface area (Å²) >= 11 is 5.84. The quantitative estimate of drug-likeness (QED) is 0.809. The molecule has 0 radical (unpaired) electrons. The summed E-state index contributed by atoms with van der Waals surface area (Å²) in [4.78, 5) is 7.56. The molecule has 6 nitrogen and oxygen atoms in total.